The summed E-state index contributed by atoms with van der Waals surface area (Å²) in [4.78, 5) is 2.98. The van der Waals surface area contributed by atoms with E-state index >= 15 is 0 Å². The first-order valence-corrected chi connectivity index (χ1v) is 8.47. The highest BCUT2D eigenvalue weighted by Crippen LogP contribution is 2.40. The van der Waals surface area contributed by atoms with Gasteiger partial charge in [-0.05, 0) is 43.2 Å². The van der Waals surface area contributed by atoms with Crippen molar-refractivity contribution >= 4 is 59.1 Å². The van der Waals surface area contributed by atoms with Crippen LogP contribution < -0.4 is 0 Å². The highest BCUT2D eigenvalue weighted by molar-refractivity contribution is 9.11. The summed E-state index contributed by atoms with van der Waals surface area (Å²) in [6, 6.07) is 8.55. The Morgan fingerprint density at radius 2 is 1.76 bits per heavy atom. The smallest absolute Gasteiger partial charge is 0.0666 e. The number of aryl methyl sites for hydroxylation is 2. The number of hydrogen-bond donors (Lipinski definition) is 0. The minimum Gasteiger partial charge on any atom is -0.146 e. The molecular weight excluding hydrogens is 428 g/mol. The Morgan fingerprint density at radius 1 is 1.06 bits per heavy atom. The summed E-state index contributed by atoms with van der Waals surface area (Å²) in [5, 5.41) is 0. The van der Waals surface area contributed by atoms with Crippen molar-refractivity contribution in [1.82, 2.24) is 0 Å². The lowest BCUT2D eigenvalue weighted by Gasteiger charge is -2.12. The van der Waals surface area contributed by atoms with Gasteiger partial charge in [0.1, 0.15) is 0 Å². The van der Waals surface area contributed by atoms with Gasteiger partial charge in [0.15, 0.2) is 0 Å². The molecule has 0 saturated carbocycles. The molecule has 1 heterocycles. The molecule has 1 aromatic carbocycles. The number of thiophene rings is 1. The molecule has 0 saturated heterocycles. The van der Waals surface area contributed by atoms with Crippen LogP contribution in [0.15, 0.2) is 33.2 Å². The largest absolute Gasteiger partial charge is 0.146 e. The summed E-state index contributed by atoms with van der Waals surface area (Å²) in [5.41, 5.74) is 2.62. The molecule has 0 spiro atoms. The van der Waals surface area contributed by atoms with Crippen LogP contribution >= 0.6 is 59.1 Å². The second-order valence-corrected chi connectivity index (χ2v) is 8.04. The first-order valence-electron chi connectivity index (χ1n) is 5.15. The van der Waals surface area contributed by atoms with Gasteiger partial charge in [0.05, 0.1) is 4.83 Å². The van der Waals surface area contributed by atoms with Crippen LogP contribution in [0.25, 0.3) is 0 Å². The van der Waals surface area contributed by atoms with Gasteiger partial charge < -0.3 is 0 Å². The average Bonchev–Trinajstić information content (AvgIpc) is 2.57. The first kappa shape index (κ1) is 13.8. The maximum Gasteiger partial charge on any atom is 0.0666 e. The molecule has 1 atom stereocenters. The fraction of sp³-hybridized carbons (Fsp3) is 0.231. The normalized spacial score (nSPS) is 12.8. The Kier molecular flexibility index (Phi) is 4.50. The van der Waals surface area contributed by atoms with Gasteiger partial charge in [-0.15, -0.1) is 11.3 Å². The van der Waals surface area contributed by atoms with Crippen molar-refractivity contribution in [2.24, 2.45) is 0 Å². The Morgan fingerprint density at radius 3 is 2.29 bits per heavy atom. The first-order chi connectivity index (χ1) is 7.99. The standard InChI is InChI=1S/C13H11Br3S/c1-7-5-11(8(2)17-7)13(16)10-4-3-9(14)6-12(10)15/h3-6,13H,1-2H3. The van der Waals surface area contributed by atoms with E-state index in [4.69, 9.17) is 0 Å². The molecule has 0 aliphatic rings. The van der Waals surface area contributed by atoms with E-state index in [0.29, 0.717) is 0 Å². The van der Waals surface area contributed by atoms with Crippen molar-refractivity contribution in [3.05, 3.63) is 54.1 Å². The van der Waals surface area contributed by atoms with Gasteiger partial charge in [-0.3, -0.25) is 0 Å². The minimum absolute atomic E-state index is 0.245. The molecule has 0 N–H and O–H groups in total. The fourth-order valence-corrected chi connectivity index (χ4v) is 5.35. The zero-order valence-corrected chi connectivity index (χ0v) is 15.0. The third-order valence-electron chi connectivity index (χ3n) is 2.59. The molecule has 2 aromatic rings. The lowest BCUT2D eigenvalue weighted by molar-refractivity contribution is 1.15. The lowest BCUT2D eigenvalue weighted by Crippen LogP contribution is -1.94. The van der Waals surface area contributed by atoms with Crippen molar-refractivity contribution in [2.45, 2.75) is 18.7 Å². The van der Waals surface area contributed by atoms with E-state index in [0.717, 1.165) is 8.95 Å². The van der Waals surface area contributed by atoms with Crippen molar-refractivity contribution in [2.75, 3.05) is 0 Å². The molecule has 0 nitrogen and oxygen atoms in total. The Balaban J connectivity index is 2.43. The van der Waals surface area contributed by atoms with Crippen LogP contribution in [-0.4, -0.2) is 0 Å². The van der Waals surface area contributed by atoms with E-state index < -0.39 is 0 Å². The molecule has 0 amide bonds. The summed E-state index contributed by atoms with van der Waals surface area (Å²) >= 11 is 12.7. The molecular formula is C13H11Br3S. The van der Waals surface area contributed by atoms with Crippen molar-refractivity contribution in [1.29, 1.82) is 0 Å². The summed E-state index contributed by atoms with van der Waals surface area (Å²) < 4.78 is 2.21. The van der Waals surface area contributed by atoms with E-state index in [1.54, 1.807) is 0 Å². The Bertz CT molecular complexity index is 546. The quantitative estimate of drug-likeness (QED) is 0.477. The van der Waals surface area contributed by atoms with Gasteiger partial charge in [-0.1, -0.05) is 53.9 Å². The summed E-state index contributed by atoms with van der Waals surface area (Å²) in [6.07, 6.45) is 0. The molecule has 0 bridgehead atoms. The monoisotopic (exact) mass is 436 g/mol. The molecule has 90 valence electrons. The topological polar surface area (TPSA) is 0 Å². The molecule has 1 aromatic heterocycles. The maximum absolute atomic E-state index is 3.80. The second-order valence-electron chi connectivity index (χ2n) is 3.90. The lowest BCUT2D eigenvalue weighted by atomic mass is 10.1. The van der Waals surface area contributed by atoms with Crippen LogP contribution in [0.5, 0.6) is 0 Å². The Hall–Kier alpha value is 0.360. The molecule has 0 radical (unpaired) electrons. The number of halogens is 3. The zero-order chi connectivity index (χ0) is 12.6. The Labute approximate surface area is 131 Å². The van der Waals surface area contributed by atoms with E-state index in [2.05, 4.69) is 85.9 Å². The van der Waals surface area contributed by atoms with E-state index in [1.165, 1.54) is 20.9 Å². The second kappa shape index (κ2) is 5.55. The zero-order valence-electron chi connectivity index (χ0n) is 9.43. The average molecular weight is 439 g/mol. The van der Waals surface area contributed by atoms with Gasteiger partial charge in [0.25, 0.3) is 0 Å². The molecule has 2 rings (SSSR count). The van der Waals surface area contributed by atoms with Gasteiger partial charge in [0.2, 0.25) is 0 Å². The van der Waals surface area contributed by atoms with Crippen LogP contribution in [0.1, 0.15) is 25.7 Å². The number of rotatable bonds is 2. The van der Waals surface area contributed by atoms with Crippen LogP contribution in [0.3, 0.4) is 0 Å². The summed E-state index contributed by atoms with van der Waals surface area (Å²) in [5.74, 6) is 0. The van der Waals surface area contributed by atoms with Crippen LogP contribution in [0, 0.1) is 13.8 Å². The third kappa shape index (κ3) is 3.03. The van der Waals surface area contributed by atoms with E-state index in [9.17, 15) is 0 Å². The summed E-state index contributed by atoms with van der Waals surface area (Å²) in [6.45, 7) is 4.32. The molecule has 0 aliphatic carbocycles. The fourth-order valence-electron chi connectivity index (χ4n) is 1.78. The van der Waals surface area contributed by atoms with Crippen LogP contribution in [-0.2, 0) is 0 Å². The molecule has 1 unspecified atom stereocenters. The van der Waals surface area contributed by atoms with Crippen LogP contribution in [0.2, 0.25) is 0 Å². The van der Waals surface area contributed by atoms with Gasteiger partial charge >= 0.3 is 0 Å². The maximum atomic E-state index is 3.80. The van der Waals surface area contributed by atoms with Gasteiger partial charge in [-0.25, -0.2) is 0 Å². The molecule has 17 heavy (non-hydrogen) atoms. The molecule has 4 heteroatoms. The predicted molar refractivity (Wildman–Crippen MR) is 86.4 cm³/mol. The number of alkyl halides is 1. The predicted octanol–water partition coefficient (Wildman–Crippen LogP) is 6.37. The highest BCUT2D eigenvalue weighted by Gasteiger charge is 2.17. The molecule has 0 aliphatic heterocycles. The van der Waals surface area contributed by atoms with E-state index in [-0.39, 0.29) is 4.83 Å². The summed E-state index contributed by atoms with van der Waals surface area (Å²) in [7, 11) is 0. The van der Waals surface area contributed by atoms with Gasteiger partial charge in [0, 0.05) is 18.7 Å². The van der Waals surface area contributed by atoms with E-state index in [1.807, 2.05) is 11.3 Å². The van der Waals surface area contributed by atoms with Crippen molar-refractivity contribution in [3.63, 3.8) is 0 Å². The molecule has 0 fully saturated rings. The van der Waals surface area contributed by atoms with Crippen LogP contribution in [0.4, 0.5) is 0 Å². The third-order valence-corrected chi connectivity index (χ3v) is 5.74. The minimum atomic E-state index is 0.245. The SMILES string of the molecule is Cc1cc(C(Br)c2ccc(Br)cc2Br)c(C)s1. The highest BCUT2D eigenvalue weighted by atomic mass is 79.9. The van der Waals surface area contributed by atoms with Crippen molar-refractivity contribution in [3.8, 4) is 0 Å². The number of hydrogen-bond acceptors (Lipinski definition) is 1. The van der Waals surface area contributed by atoms with Crippen molar-refractivity contribution < 1.29 is 0 Å². The van der Waals surface area contributed by atoms with Gasteiger partial charge in [-0.2, -0.15) is 0 Å². The number of benzene rings is 1.